The number of aromatic nitrogens is 2. The summed E-state index contributed by atoms with van der Waals surface area (Å²) in [4.78, 5) is 9.16. The molecular weight excluding hydrogens is 387 g/mol. The first-order chi connectivity index (χ1) is 8.13. The van der Waals surface area contributed by atoms with Gasteiger partial charge in [0, 0.05) is 16.8 Å². The highest BCUT2D eigenvalue weighted by Crippen LogP contribution is 2.41. The molecule has 2 heterocycles. The lowest BCUT2D eigenvalue weighted by atomic mass is 10.2. The van der Waals surface area contributed by atoms with E-state index in [2.05, 4.69) is 46.4 Å². The van der Waals surface area contributed by atoms with Crippen LogP contribution in [0.25, 0.3) is 0 Å². The zero-order chi connectivity index (χ0) is 12.4. The van der Waals surface area contributed by atoms with Gasteiger partial charge >= 0.3 is 0 Å². The summed E-state index contributed by atoms with van der Waals surface area (Å²) < 4.78 is 0.997. The second kappa shape index (κ2) is 6.30. The Bertz CT molecular complexity index is 417. The second-order valence-corrected chi connectivity index (χ2v) is 8.03. The first kappa shape index (κ1) is 14.2. The summed E-state index contributed by atoms with van der Waals surface area (Å²) in [5.41, 5.74) is 1.07. The molecule has 0 bridgehead atoms. The number of aryl methyl sites for hydroxylation is 1. The van der Waals surface area contributed by atoms with E-state index in [4.69, 9.17) is 11.6 Å². The Morgan fingerprint density at radius 1 is 1.35 bits per heavy atom. The van der Waals surface area contributed by atoms with Gasteiger partial charge in [0.1, 0.15) is 11.0 Å². The average molecular weight is 401 g/mol. The SMILES string of the molecule is CCc1nc(C2SCCSC2C)nc(Cl)c1I. The second-order valence-electron chi connectivity index (χ2n) is 3.85. The molecule has 94 valence electrons. The first-order valence-corrected chi connectivity index (χ1v) is 9.14. The summed E-state index contributed by atoms with van der Waals surface area (Å²) in [6.07, 6.45) is 0.909. The van der Waals surface area contributed by atoms with Crippen LogP contribution in [-0.4, -0.2) is 26.7 Å². The number of hydrogen-bond donors (Lipinski definition) is 0. The molecule has 1 aromatic rings. The molecule has 1 aliphatic heterocycles. The minimum absolute atomic E-state index is 0.383. The molecular formula is C11H14ClIN2S2. The smallest absolute Gasteiger partial charge is 0.146 e. The number of thioether (sulfide) groups is 2. The van der Waals surface area contributed by atoms with Gasteiger partial charge in [-0.05, 0) is 29.0 Å². The number of rotatable bonds is 2. The summed E-state index contributed by atoms with van der Waals surface area (Å²) >= 11 is 12.4. The molecule has 0 radical (unpaired) electrons. The summed E-state index contributed by atoms with van der Waals surface area (Å²) in [5.74, 6) is 3.31. The minimum Gasteiger partial charge on any atom is -0.235 e. The first-order valence-electron chi connectivity index (χ1n) is 5.58. The molecule has 0 aliphatic carbocycles. The van der Waals surface area contributed by atoms with Crippen molar-refractivity contribution in [1.29, 1.82) is 0 Å². The van der Waals surface area contributed by atoms with Crippen LogP contribution in [-0.2, 0) is 6.42 Å². The van der Waals surface area contributed by atoms with Crippen LogP contribution in [0.3, 0.4) is 0 Å². The van der Waals surface area contributed by atoms with E-state index in [1.807, 2.05) is 23.5 Å². The van der Waals surface area contributed by atoms with Crippen molar-refractivity contribution in [3.8, 4) is 0 Å². The summed E-state index contributed by atoms with van der Waals surface area (Å²) in [7, 11) is 0. The molecule has 1 saturated heterocycles. The Morgan fingerprint density at radius 2 is 2.06 bits per heavy atom. The number of hydrogen-bond acceptors (Lipinski definition) is 4. The van der Waals surface area contributed by atoms with Crippen molar-refractivity contribution in [3.63, 3.8) is 0 Å². The van der Waals surface area contributed by atoms with Crippen LogP contribution >= 0.6 is 57.7 Å². The fourth-order valence-corrected chi connectivity index (χ4v) is 5.27. The van der Waals surface area contributed by atoms with E-state index in [0.717, 1.165) is 21.5 Å². The zero-order valence-electron chi connectivity index (χ0n) is 9.74. The lowest BCUT2D eigenvalue weighted by Gasteiger charge is -2.27. The fourth-order valence-electron chi connectivity index (χ4n) is 1.76. The maximum Gasteiger partial charge on any atom is 0.146 e. The highest BCUT2D eigenvalue weighted by Gasteiger charge is 2.27. The third kappa shape index (κ3) is 3.22. The molecule has 1 fully saturated rings. The monoisotopic (exact) mass is 400 g/mol. The van der Waals surface area contributed by atoms with Crippen LogP contribution in [0.2, 0.25) is 5.15 Å². The highest BCUT2D eigenvalue weighted by atomic mass is 127. The van der Waals surface area contributed by atoms with E-state index in [0.29, 0.717) is 15.7 Å². The van der Waals surface area contributed by atoms with Gasteiger partial charge in [0.05, 0.1) is 14.5 Å². The molecule has 0 N–H and O–H groups in total. The van der Waals surface area contributed by atoms with Gasteiger partial charge < -0.3 is 0 Å². The van der Waals surface area contributed by atoms with E-state index < -0.39 is 0 Å². The van der Waals surface area contributed by atoms with Crippen molar-refractivity contribution in [3.05, 3.63) is 20.2 Å². The van der Waals surface area contributed by atoms with E-state index in [1.165, 1.54) is 11.5 Å². The molecule has 0 aromatic carbocycles. The third-order valence-corrected chi connectivity index (χ3v) is 7.49. The van der Waals surface area contributed by atoms with E-state index >= 15 is 0 Å². The quantitative estimate of drug-likeness (QED) is 0.549. The normalized spacial score (nSPS) is 24.9. The van der Waals surface area contributed by atoms with Gasteiger partial charge in [0.25, 0.3) is 0 Å². The van der Waals surface area contributed by atoms with Gasteiger partial charge in [-0.2, -0.15) is 11.8 Å². The number of nitrogens with zero attached hydrogens (tertiary/aromatic N) is 2. The van der Waals surface area contributed by atoms with Gasteiger partial charge in [-0.1, -0.05) is 25.4 Å². The van der Waals surface area contributed by atoms with Crippen molar-refractivity contribution in [2.45, 2.75) is 30.8 Å². The van der Waals surface area contributed by atoms with Crippen LogP contribution < -0.4 is 0 Å². The predicted octanol–water partition coefficient (Wildman–Crippen LogP) is 4.21. The van der Waals surface area contributed by atoms with Crippen LogP contribution in [0.1, 0.15) is 30.6 Å². The molecule has 2 unspecified atom stereocenters. The van der Waals surface area contributed by atoms with Gasteiger partial charge in [-0.25, -0.2) is 9.97 Å². The van der Waals surface area contributed by atoms with Crippen molar-refractivity contribution in [2.75, 3.05) is 11.5 Å². The summed E-state index contributed by atoms with van der Waals surface area (Å²) in [6, 6.07) is 0. The van der Waals surface area contributed by atoms with E-state index in [-0.39, 0.29) is 0 Å². The van der Waals surface area contributed by atoms with E-state index in [1.54, 1.807) is 0 Å². The Kier molecular flexibility index (Phi) is 5.27. The Labute approximate surface area is 129 Å². The predicted molar refractivity (Wildman–Crippen MR) is 86.3 cm³/mol. The van der Waals surface area contributed by atoms with Crippen LogP contribution in [0, 0.1) is 3.57 Å². The zero-order valence-corrected chi connectivity index (χ0v) is 14.3. The molecule has 0 spiro atoms. The van der Waals surface area contributed by atoms with E-state index in [9.17, 15) is 0 Å². The number of halogens is 2. The average Bonchev–Trinajstić information content (AvgIpc) is 2.33. The van der Waals surface area contributed by atoms with Crippen molar-refractivity contribution < 1.29 is 0 Å². The van der Waals surface area contributed by atoms with Crippen molar-refractivity contribution in [1.82, 2.24) is 9.97 Å². The van der Waals surface area contributed by atoms with Gasteiger partial charge in [-0.15, -0.1) is 11.8 Å². The van der Waals surface area contributed by atoms with Crippen molar-refractivity contribution in [2.24, 2.45) is 0 Å². The molecule has 17 heavy (non-hydrogen) atoms. The Hall–Kier alpha value is 0.800. The molecule has 0 saturated carbocycles. The largest absolute Gasteiger partial charge is 0.235 e. The minimum atomic E-state index is 0.383. The van der Waals surface area contributed by atoms with Crippen LogP contribution in [0.4, 0.5) is 0 Å². The molecule has 1 aromatic heterocycles. The molecule has 0 amide bonds. The molecule has 1 aliphatic rings. The maximum absolute atomic E-state index is 6.19. The summed E-state index contributed by atoms with van der Waals surface area (Å²) in [6.45, 7) is 4.36. The van der Waals surface area contributed by atoms with Gasteiger partial charge in [-0.3, -0.25) is 0 Å². The molecule has 6 heteroatoms. The fraction of sp³-hybridized carbons (Fsp3) is 0.636. The van der Waals surface area contributed by atoms with Crippen molar-refractivity contribution >= 4 is 57.7 Å². The lowest BCUT2D eigenvalue weighted by molar-refractivity contribution is 0.800. The molecule has 2 rings (SSSR count). The Morgan fingerprint density at radius 3 is 2.71 bits per heavy atom. The third-order valence-electron chi connectivity index (χ3n) is 2.67. The highest BCUT2D eigenvalue weighted by molar-refractivity contribution is 14.1. The standard InChI is InChI=1S/C11H14ClIN2S2/c1-3-7-8(13)10(12)15-11(14-7)9-6(2)16-4-5-17-9/h6,9H,3-5H2,1-2H3. The van der Waals surface area contributed by atoms with Crippen LogP contribution in [0.5, 0.6) is 0 Å². The van der Waals surface area contributed by atoms with Gasteiger partial charge in [0.2, 0.25) is 0 Å². The lowest BCUT2D eigenvalue weighted by Crippen LogP contribution is -2.19. The topological polar surface area (TPSA) is 25.8 Å². The molecule has 2 nitrogen and oxygen atoms in total. The Balaban J connectivity index is 2.34. The van der Waals surface area contributed by atoms with Crippen LogP contribution in [0.15, 0.2) is 0 Å². The summed E-state index contributed by atoms with van der Waals surface area (Å²) in [5, 5.41) is 1.55. The maximum atomic E-state index is 6.19. The molecule has 2 atom stereocenters. The van der Waals surface area contributed by atoms with Gasteiger partial charge in [0.15, 0.2) is 0 Å².